The van der Waals surface area contributed by atoms with Gasteiger partial charge in [-0.25, -0.2) is 12.7 Å². The summed E-state index contributed by atoms with van der Waals surface area (Å²) in [5.41, 5.74) is 2.54. The summed E-state index contributed by atoms with van der Waals surface area (Å²) in [6.45, 7) is 2.04. The molecule has 150 valence electrons. The minimum Gasteiger partial charge on any atom is -0.495 e. The van der Waals surface area contributed by atoms with E-state index >= 15 is 0 Å². The van der Waals surface area contributed by atoms with Crippen molar-refractivity contribution in [3.63, 3.8) is 0 Å². The number of sulfonamides is 1. The van der Waals surface area contributed by atoms with Crippen molar-refractivity contribution in [3.05, 3.63) is 48.0 Å². The summed E-state index contributed by atoms with van der Waals surface area (Å²) in [5, 5.41) is 3.04. The van der Waals surface area contributed by atoms with Crippen LogP contribution in [0, 0.1) is 0 Å². The summed E-state index contributed by atoms with van der Waals surface area (Å²) in [4.78, 5) is 14.8. The van der Waals surface area contributed by atoms with Gasteiger partial charge in [0.05, 0.1) is 24.2 Å². The Kier molecular flexibility index (Phi) is 5.62. The van der Waals surface area contributed by atoms with Crippen molar-refractivity contribution in [1.82, 2.24) is 4.31 Å². The third-order valence-corrected chi connectivity index (χ3v) is 6.67. The maximum absolute atomic E-state index is 12.9. The lowest BCUT2D eigenvalue weighted by molar-refractivity contribution is -0.117. The number of nitrogens with one attached hydrogen (secondary N) is 1. The van der Waals surface area contributed by atoms with E-state index in [0.29, 0.717) is 11.4 Å². The molecule has 3 rings (SSSR count). The van der Waals surface area contributed by atoms with Crippen LogP contribution < -0.4 is 15.0 Å². The molecule has 0 aromatic heterocycles. The summed E-state index contributed by atoms with van der Waals surface area (Å²) in [7, 11) is 0.866. The van der Waals surface area contributed by atoms with E-state index in [9.17, 15) is 13.2 Å². The van der Waals surface area contributed by atoms with Crippen molar-refractivity contribution >= 4 is 27.3 Å². The molecule has 0 unspecified atom stereocenters. The predicted octanol–water partition coefficient (Wildman–Crippen LogP) is 2.34. The van der Waals surface area contributed by atoms with Gasteiger partial charge in [-0.05, 0) is 43.2 Å². The molecule has 0 radical (unpaired) electrons. The molecular formula is C20H25N3O4S. The average Bonchev–Trinajstić information content (AvgIpc) is 3.01. The molecule has 28 heavy (non-hydrogen) atoms. The predicted molar refractivity (Wildman–Crippen MR) is 109 cm³/mol. The third kappa shape index (κ3) is 3.70. The second-order valence-electron chi connectivity index (χ2n) is 6.95. The van der Waals surface area contributed by atoms with Crippen molar-refractivity contribution in [2.75, 3.05) is 38.0 Å². The Balaban J connectivity index is 1.81. The summed E-state index contributed by atoms with van der Waals surface area (Å²) in [5.74, 6) is 0.390. The van der Waals surface area contributed by atoms with Crippen molar-refractivity contribution in [2.45, 2.75) is 24.3 Å². The maximum atomic E-state index is 12.9. The highest BCUT2D eigenvalue weighted by atomic mass is 32.2. The van der Waals surface area contributed by atoms with Crippen LogP contribution in [0.15, 0.2) is 47.4 Å². The summed E-state index contributed by atoms with van der Waals surface area (Å²) in [6.07, 6.45) is 0.821. The second-order valence-corrected chi connectivity index (χ2v) is 9.10. The smallest absolute Gasteiger partial charge is 0.246 e. The first-order valence-electron chi connectivity index (χ1n) is 9.00. The molecule has 1 atom stereocenters. The number of anilines is 2. The van der Waals surface area contributed by atoms with E-state index in [-0.39, 0.29) is 23.4 Å². The van der Waals surface area contributed by atoms with Crippen molar-refractivity contribution < 1.29 is 17.9 Å². The molecule has 1 heterocycles. The first-order chi connectivity index (χ1) is 13.3. The molecule has 0 aliphatic carbocycles. The molecule has 1 amide bonds. The highest BCUT2D eigenvalue weighted by Crippen LogP contribution is 2.32. The standard InChI is InChI=1S/C20H25N3O4S/c1-14-11-15-7-5-6-8-18(15)23(14)20(24)13-21-17-12-16(9-10-19(17)27-4)28(25,26)22(2)3/h5-10,12,14,21H,11,13H2,1-4H3/t14-/m0/s1. The molecule has 1 aliphatic heterocycles. The fourth-order valence-corrected chi connectivity index (χ4v) is 4.33. The number of hydrogen-bond acceptors (Lipinski definition) is 5. The van der Waals surface area contributed by atoms with Gasteiger partial charge in [0.15, 0.2) is 0 Å². The number of carbonyl (C=O) groups excluding carboxylic acids is 1. The molecular weight excluding hydrogens is 378 g/mol. The van der Waals surface area contributed by atoms with E-state index in [4.69, 9.17) is 4.74 Å². The van der Waals surface area contributed by atoms with E-state index in [1.807, 2.05) is 31.2 Å². The zero-order valence-corrected chi connectivity index (χ0v) is 17.3. The van der Waals surface area contributed by atoms with Crippen molar-refractivity contribution in [3.8, 4) is 5.75 Å². The number of benzene rings is 2. The molecule has 0 saturated carbocycles. The number of carbonyl (C=O) groups is 1. The number of para-hydroxylation sites is 1. The first-order valence-corrected chi connectivity index (χ1v) is 10.4. The van der Waals surface area contributed by atoms with Gasteiger partial charge in [0, 0.05) is 25.8 Å². The van der Waals surface area contributed by atoms with E-state index < -0.39 is 10.0 Å². The van der Waals surface area contributed by atoms with Gasteiger partial charge in [-0.3, -0.25) is 4.79 Å². The normalized spacial score (nSPS) is 16.2. The zero-order chi connectivity index (χ0) is 20.5. The Hall–Kier alpha value is -2.58. The molecule has 8 heteroatoms. The number of methoxy groups -OCH3 is 1. The van der Waals surface area contributed by atoms with Crippen molar-refractivity contribution in [2.24, 2.45) is 0 Å². The fourth-order valence-electron chi connectivity index (χ4n) is 3.40. The largest absolute Gasteiger partial charge is 0.495 e. The van der Waals surface area contributed by atoms with E-state index in [1.54, 1.807) is 11.0 Å². The Bertz CT molecular complexity index is 989. The Morgan fingerprint density at radius 2 is 1.96 bits per heavy atom. The topological polar surface area (TPSA) is 79.0 Å². The molecule has 0 saturated heterocycles. The van der Waals surface area contributed by atoms with Crippen LogP contribution in [0.4, 0.5) is 11.4 Å². The number of hydrogen-bond donors (Lipinski definition) is 1. The highest BCUT2D eigenvalue weighted by Gasteiger charge is 2.30. The third-order valence-electron chi connectivity index (χ3n) is 4.86. The van der Waals surface area contributed by atoms with Crippen LogP contribution in [-0.2, 0) is 21.2 Å². The number of amides is 1. The number of nitrogens with zero attached hydrogens (tertiary/aromatic N) is 2. The van der Waals surface area contributed by atoms with Crippen LogP contribution >= 0.6 is 0 Å². The first kappa shape index (κ1) is 20.2. The summed E-state index contributed by atoms with van der Waals surface area (Å²) in [6, 6.07) is 12.5. The van der Waals surface area contributed by atoms with Gasteiger partial charge in [0.2, 0.25) is 15.9 Å². The number of fused-ring (bicyclic) bond motifs is 1. The Morgan fingerprint density at radius 1 is 1.25 bits per heavy atom. The van der Waals surface area contributed by atoms with Gasteiger partial charge >= 0.3 is 0 Å². The van der Waals surface area contributed by atoms with Gasteiger partial charge in [-0.15, -0.1) is 0 Å². The maximum Gasteiger partial charge on any atom is 0.246 e. The second kappa shape index (κ2) is 7.81. The van der Waals surface area contributed by atoms with Crippen LogP contribution in [-0.4, -0.2) is 52.4 Å². The molecule has 1 aliphatic rings. The van der Waals surface area contributed by atoms with E-state index in [0.717, 1.165) is 22.0 Å². The average molecular weight is 404 g/mol. The Morgan fingerprint density at radius 3 is 2.64 bits per heavy atom. The quantitative estimate of drug-likeness (QED) is 0.801. The molecule has 0 bridgehead atoms. The van der Waals surface area contributed by atoms with Gasteiger partial charge < -0.3 is 15.0 Å². The summed E-state index contributed by atoms with van der Waals surface area (Å²) < 4.78 is 31.2. The molecule has 7 nitrogen and oxygen atoms in total. The minimum absolute atomic E-state index is 0.0283. The van der Waals surface area contributed by atoms with Crippen LogP contribution in [0.25, 0.3) is 0 Å². The minimum atomic E-state index is -3.58. The lowest BCUT2D eigenvalue weighted by Gasteiger charge is -2.23. The molecule has 0 fully saturated rings. The Labute approximate surface area is 166 Å². The zero-order valence-electron chi connectivity index (χ0n) is 16.5. The van der Waals surface area contributed by atoms with Gasteiger partial charge in [-0.1, -0.05) is 18.2 Å². The van der Waals surface area contributed by atoms with E-state index in [1.165, 1.54) is 33.3 Å². The van der Waals surface area contributed by atoms with Crippen LogP contribution in [0.2, 0.25) is 0 Å². The highest BCUT2D eigenvalue weighted by molar-refractivity contribution is 7.89. The van der Waals surface area contributed by atoms with Gasteiger partial charge in [0.25, 0.3) is 0 Å². The number of ether oxygens (including phenoxy) is 1. The van der Waals surface area contributed by atoms with Gasteiger partial charge in [0.1, 0.15) is 5.75 Å². The molecule has 0 spiro atoms. The van der Waals surface area contributed by atoms with Crippen LogP contribution in [0.5, 0.6) is 5.75 Å². The summed E-state index contributed by atoms with van der Waals surface area (Å²) >= 11 is 0. The number of rotatable bonds is 6. The fraction of sp³-hybridized carbons (Fsp3) is 0.350. The molecule has 2 aromatic rings. The monoisotopic (exact) mass is 403 g/mol. The SMILES string of the molecule is COc1ccc(S(=O)(=O)N(C)C)cc1NCC(=O)N1c2ccccc2C[C@@H]1C. The lowest BCUT2D eigenvalue weighted by atomic mass is 10.1. The van der Waals surface area contributed by atoms with Gasteiger partial charge in [-0.2, -0.15) is 0 Å². The molecule has 2 aromatic carbocycles. The van der Waals surface area contributed by atoms with Crippen molar-refractivity contribution in [1.29, 1.82) is 0 Å². The van der Waals surface area contributed by atoms with Crippen LogP contribution in [0.3, 0.4) is 0 Å². The van der Waals surface area contributed by atoms with E-state index in [2.05, 4.69) is 5.32 Å². The lowest BCUT2D eigenvalue weighted by Crippen LogP contribution is -2.39. The van der Waals surface area contributed by atoms with Crippen LogP contribution in [0.1, 0.15) is 12.5 Å². The molecule has 1 N–H and O–H groups in total.